The maximum atomic E-state index is 3.37. The number of hydrogen-bond donors (Lipinski definition) is 1. The highest BCUT2D eigenvalue weighted by Gasteiger charge is 2.24. The molecule has 1 rings (SSSR count). The lowest BCUT2D eigenvalue weighted by atomic mass is 9.82. The Kier molecular flexibility index (Phi) is 6.26. The van der Waals surface area contributed by atoms with Crippen LogP contribution in [0.2, 0.25) is 0 Å². The Balaban J connectivity index is 2.38. The lowest BCUT2D eigenvalue weighted by Gasteiger charge is -2.35. The van der Waals surface area contributed by atoms with Crippen molar-refractivity contribution in [2.45, 2.75) is 39.0 Å². The van der Waals surface area contributed by atoms with E-state index in [0.29, 0.717) is 0 Å². The molecule has 1 fully saturated rings. The van der Waals surface area contributed by atoms with Crippen molar-refractivity contribution in [2.24, 2.45) is 11.8 Å². The summed E-state index contributed by atoms with van der Waals surface area (Å²) in [5, 5.41) is 3.37. The van der Waals surface area contributed by atoms with Crippen molar-refractivity contribution in [3.8, 4) is 0 Å². The monoisotopic (exact) mass is 212 g/mol. The smallest absolute Gasteiger partial charge is 0.000974 e. The van der Waals surface area contributed by atoms with Gasteiger partial charge in [-0.15, -0.1) is 0 Å². The Labute approximate surface area is 95.4 Å². The standard InChI is InChI=1S/C13H28N2/c1-4-5-7-12(10-14-2)13-8-6-9-15(3)11-13/h12-14H,4-11H2,1-3H3. The molecule has 1 heterocycles. The predicted octanol–water partition coefficient (Wildman–Crippen LogP) is 2.35. The second-order valence-corrected chi connectivity index (χ2v) is 5.12. The second-order valence-electron chi connectivity index (χ2n) is 5.12. The fourth-order valence-electron chi connectivity index (χ4n) is 2.82. The Morgan fingerprint density at radius 1 is 1.47 bits per heavy atom. The molecular formula is C13H28N2. The molecule has 0 aromatic rings. The molecule has 15 heavy (non-hydrogen) atoms. The summed E-state index contributed by atoms with van der Waals surface area (Å²) in [6.45, 7) is 6.12. The number of likely N-dealkylation sites (tertiary alicyclic amines) is 1. The van der Waals surface area contributed by atoms with Gasteiger partial charge in [0.15, 0.2) is 0 Å². The Hall–Kier alpha value is -0.0800. The van der Waals surface area contributed by atoms with Crippen molar-refractivity contribution >= 4 is 0 Å². The molecule has 1 aliphatic rings. The molecule has 2 nitrogen and oxygen atoms in total. The highest BCUT2D eigenvalue weighted by atomic mass is 15.1. The highest BCUT2D eigenvalue weighted by Crippen LogP contribution is 2.26. The van der Waals surface area contributed by atoms with Crippen LogP contribution in [0.25, 0.3) is 0 Å². The summed E-state index contributed by atoms with van der Waals surface area (Å²) >= 11 is 0. The molecule has 1 N–H and O–H groups in total. The van der Waals surface area contributed by atoms with E-state index in [1.54, 1.807) is 0 Å². The Morgan fingerprint density at radius 3 is 2.87 bits per heavy atom. The van der Waals surface area contributed by atoms with Crippen LogP contribution in [0, 0.1) is 11.8 Å². The first-order valence-electron chi connectivity index (χ1n) is 6.61. The molecule has 0 spiro atoms. The van der Waals surface area contributed by atoms with Crippen molar-refractivity contribution in [2.75, 3.05) is 33.7 Å². The number of rotatable bonds is 6. The summed E-state index contributed by atoms with van der Waals surface area (Å²) in [7, 11) is 4.36. The van der Waals surface area contributed by atoms with Gasteiger partial charge in [-0.3, -0.25) is 0 Å². The molecular weight excluding hydrogens is 184 g/mol. The quantitative estimate of drug-likeness (QED) is 0.727. The zero-order valence-corrected chi connectivity index (χ0v) is 10.8. The van der Waals surface area contributed by atoms with Gasteiger partial charge in [0, 0.05) is 6.54 Å². The van der Waals surface area contributed by atoms with Crippen LogP contribution in [0.5, 0.6) is 0 Å². The molecule has 0 radical (unpaired) electrons. The molecule has 0 saturated carbocycles. The van der Waals surface area contributed by atoms with Crippen LogP contribution in [0.1, 0.15) is 39.0 Å². The zero-order valence-electron chi connectivity index (χ0n) is 10.8. The van der Waals surface area contributed by atoms with Crippen LogP contribution in [0.4, 0.5) is 0 Å². The lowest BCUT2D eigenvalue weighted by molar-refractivity contribution is 0.151. The molecule has 0 bridgehead atoms. The minimum atomic E-state index is 0.901. The first-order chi connectivity index (χ1) is 7.27. The Bertz CT molecular complexity index is 159. The molecule has 1 aliphatic heterocycles. The van der Waals surface area contributed by atoms with Crippen molar-refractivity contribution in [1.82, 2.24) is 10.2 Å². The summed E-state index contributed by atoms with van der Waals surface area (Å²) in [6, 6.07) is 0. The van der Waals surface area contributed by atoms with Crippen LogP contribution in [-0.2, 0) is 0 Å². The van der Waals surface area contributed by atoms with Crippen molar-refractivity contribution in [1.29, 1.82) is 0 Å². The van der Waals surface area contributed by atoms with Crippen molar-refractivity contribution < 1.29 is 0 Å². The third-order valence-electron chi connectivity index (χ3n) is 3.72. The van der Waals surface area contributed by atoms with E-state index < -0.39 is 0 Å². The van der Waals surface area contributed by atoms with E-state index in [1.165, 1.54) is 51.7 Å². The van der Waals surface area contributed by atoms with E-state index >= 15 is 0 Å². The first-order valence-corrected chi connectivity index (χ1v) is 6.61. The van der Waals surface area contributed by atoms with E-state index in [2.05, 4.69) is 31.2 Å². The molecule has 90 valence electrons. The van der Waals surface area contributed by atoms with Gasteiger partial charge in [-0.05, 0) is 58.3 Å². The maximum Gasteiger partial charge on any atom is 0.000974 e. The fraction of sp³-hybridized carbons (Fsp3) is 1.00. The zero-order chi connectivity index (χ0) is 11.1. The van der Waals surface area contributed by atoms with Crippen molar-refractivity contribution in [3.05, 3.63) is 0 Å². The first kappa shape index (κ1) is 13.0. The molecule has 2 heteroatoms. The van der Waals surface area contributed by atoms with Gasteiger partial charge >= 0.3 is 0 Å². The van der Waals surface area contributed by atoms with Gasteiger partial charge in [-0.2, -0.15) is 0 Å². The molecule has 2 atom stereocenters. The second kappa shape index (κ2) is 7.24. The lowest BCUT2D eigenvalue weighted by Crippen LogP contribution is -2.38. The summed E-state index contributed by atoms with van der Waals surface area (Å²) in [6.07, 6.45) is 6.99. The third-order valence-corrected chi connectivity index (χ3v) is 3.72. The minimum Gasteiger partial charge on any atom is -0.319 e. The number of nitrogens with one attached hydrogen (secondary N) is 1. The largest absolute Gasteiger partial charge is 0.319 e. The van der Waals surface area contributed by atoms with Gasteiger partial charge < -0.3 is 10.2 Å². The number of hydrogen-bond acceptors (Lipinski definition) is 2. The van der Waals surface area contributed by atoms with E-state index in [0.717, 1.165) is 11.8 Å². The summed E-state index contributed by atoms with van der Waals surface area (Å²) < 4.78 is 0. The van der Waals surface area contributed by atoms with E-state index in [-0.39, 0.29) is 0 Å². The van der Waals surface area contributed by atoms with E-state index in [9.17, 15) is 0 Å². The SMILES string of the molecule is CCCCC(CNC)C1CCCN(C)C1. The van der Waals surface area contributed by atoms with E-state index in [4.69, 9.17) is 0 Å². The topological polar surface area (TPSA) is 15.3 Å². The van der Waals surface area contributed by atoms with Gasteiger partial charge in [-0.25, -0.2) is 0 Å². The van der Waals surface area contributed by atoms with Crippen LogP contribution in [-0.4, -0.2) is 38.6 Å². The number of piperidine rings is 1. The minimum absolute atomic E-state index is 0.901. The molecule has 2 unspecified atom stereocenters. The fourth-order valence-corrected chi connectivity index (χ4v) is 2.82. The van der Waals surface area contributed by atoms with Gasteiger partial charge in [0.2, 0.25) is 0 Å². The summed E-state index contributed by atoms with van der Waals surface area (Å²) in [5.74, 6) is 1.83. The van der Waals surface area contributed by atoms with Gasteiger partial charge in [0.05, 0.1) is 0 Å². The summed E-state index contributed by atoms with van der Waals surface area (Å²) in [5.41, 5.74) is 0. The van der Waals surface area contributed by atoms with Gasteiger partial charge in [-0.1, -0.05) is 19.8 Å². The van der Waals surface area contributed by atoms with Gasteiger partial charge in [0.1, 0.15) is 0 Å². The third kappa shape index (κ3) is 4.52. The Morgan fingerprint density at radius 2 is 2.27 bits per heavy atom. The molecule has 0 aromatic heterocycles. The average molecular weight is 212 g/mol. The molecule has 0 aliphatic carbocycles. The van der Waals surface area contributed by atoms with E-state index in [1.807, 2.05) is 0 Å². The normalized spacial score (nSPS) is 25.4. The number of nitrogens with zero attached hydrogens (tertiary/aromatic N) is 1. The summed E-state index contributed by atoms with van der Waals surface area (Å²) in [4.78, 5) is 2.50. The highest BCUT2D eigenvalue weighted by molar-refractivity contribution is 4.78. The van der Waals surface area contributed by atoms with Crippen LogP contribution >= 0.6 is 0 Å². The molecule has 1 saturated heterocycles. The van der Waals surface area contributed by atoms with Crippen LogP contribution in [0.15, 0.2) is 0 Å². The van der Waals surface area contributed by atoms with Crippen LogP contribution < -0.4 is 5.32 Å². The van der Waals surface area contributed by atoms with Crippen LogP contribution in [0.3, 0.4) is 0 Å². The predicted molar refractivity (Wildman–Crippen MR) is 67.2 cm³/mol. The number of unbranched alkanes of at least 4 members (excludes halogenated alkanes) is 1. The molecule has 0 amide bonds. The van der Waals surface area contributed by atoms with Crippen molar-refractivity contribution in [3.63, 3.8) is 0 Å². The molecule has 0 aromatic carbocycles. The maximum absolute atomic E-state index is 3.37. The average Bonchev–Trinajstić information content (AvgIpc) is 2.24. The van der Waals surface area contributed by atoms with Gasteiger partial charge in [0.25, 0.3) is 0 Å².